The molecule has 15 heteroatoms. The van der Waals surface area contributed by atoms with Crippen LogP contribution >= 0.6 is 0 Å². The molecule has 0 radical (unpaired) electrons. The van der Waals surface area contributed by atoms with E-state index >= 15 is 0 Å². The number of benzene rings is 1. The van der Waals surface area contributed by atoms with Crippen LogP contribution in [-0.4, -0.2) is 150 Å². The molecule has 0 amide bonds. The highest BCUT2D eigenvalue weighted by Gasteiger charge is 2.22. The molecule has 2 aliphatic heterocycles. The van der Waals surface area contributed by atoms with E-state index in [1.54, 1.807) is 25.6 Å². The Morgan fingerprint density at radius 1 is 0.698 bits per heavy atom. The molecule has 4 rings (SSSR count). The molecular weight excluding hydrogens is 807 g/mol. The minimum atomic E-state index is -0.0440. The average Bonchev–Trinajstić information content (AvgIpc) is 3.93. The summed E-state index contributed by atoms with van der Waals surface area (Å²) in [4.78, 5) is 23.2. The van der Waals surface area contributed by atoms with Crippen molar-refractivity contribution in [1.29, 1.82) is 0 Å². The number of H-pyrrole nitrogens is 1. The first kappa shape index (κ1) is 51.1. The van der Waals surface area contributed by atoms with Crippen molar-refractivity contribution in [1.82, 2.24) is 4.98 Å². The van der Waals surface area contributed by atoms with Gasteiger partial charge in [0.2, 0.25) is 0 Å². The van der Waals surface area contributed by atoms with Gasteiger partial charge in [-0.25, -0.2) is 4.99 Å². The topological polar surface area (TPSA) is 191 Å². The summed E-state index contributed by atoms with van der Waals surface area (Å²) in [5, 5.41) is 28.2. The molecule has 0 saturated carbocycles. The van der Waals surface area contributed by atoms with Crippen molar-refractivity contribution in [2.45, 2.75) is 66.2 Å². The summed E-state index contributed by atoms with van der Waals surface area (Å²) in [6.45, 7) is 17.0. The highest BCUT2D eigenvalue weighted by Crippen LogP contribution is 2.41. The van der Waals surface area contributed by atoms with Crippen LogP contribution in [0.25, 0.3) is 6.08 Å². The van der Waals surface area contributed by atoms with E-state index < -0.39 is 0 Å². The Morgan fingerprint density at radius 2 is 1.27 bits per heavy atom. The molecule has 0 saturated heterocycles. The zero-order chi connectivity index (χ0) is 45.2. The molecule has 3 heterocycles. The van der Waals surface area contributed by atoms with Crippen molar-refractivity contribution in [3.8, 4) is 11.5 Å². The number of nitrogens with zero attached hydrogens (tertiary/aromatic N) is 4. The fraction of sp³-hybridized carbons (Fsp3) is 0.542. The van der Waals surface area contributed by atoms with Crippen LogP contribution in [0.5, 0.6) is 11.5 Å². The third kappa shape index (κ3) is 15.9. The van der Waals surface area contributed by atoms with E-state index in [9.17, 15) is 10.2 Å². The second-order valence-electron chi connectivity index (χ2n) is 14.7. The molecule has 2 aliphatic rings. The van der Waals surface area contributed by atoms with Gasteiger partial charge in [0.1, 0.15) is 13.2 Å². The molecule has 0 bridgehead atoms. The second-order valence-corrected chi connectivity index (χ2v) is 14.7. The maximum absolute atomic E-state index is 9.82. The van der Waals surface area contributed by atoms with E-state index in [1.165, 1.54) is 16.7 Å². The van der Waals surface area contributed by atoms with Crippen LogP contribution in [0.1, 0.15) is 75.4 Å². The van der Waals surface area contributed by atoms with Gasteiger partial charge in [-0.2, -0.15) is 0 Å². The third-order valence-corrected chi connectivity index (χ3v) is 10.5. The van der Waals surface area contributed by atoms with Gasteiger partial charge in [-0.15, -0.1) is 0 Å². The number of aliphatic imine (C=N–C) groups is 4. The highest BCUT2D eigenvalue weighted by atomic mass is 16.6. The Hall–Kier alpha value is -4.58. The van der Waals surface area contributed by atoms with E-state index in [0.29, 0.717) is 102 Å². The molecule has 2 aromatic rings. The second kappa shape index (κ2) is 29.0. The van der Waals surface area contributed by atoms with Crippen molar-refractivity contribution in [3.63, 3.8) is 0 Å². The molecule has 1 aromatic carbocycles. The van der Waals surface area contributed by atoms with Gasteiger partial charge in [-0.05, 0) is 97.9 Å². The molecule has 0 unspecified atom stereocenters. The van der Waals surface area contributed by atoms with Gasteiger partial charge in [0.15, 0.2) is 11.5 Å². The first-order valence-electron chi connectivity index (χ1n) is 22.1. The summed E-state index contributed by atoms with van der Waals surface area (Å²) in [5.74, 6) is 0.903. The van der Waals surface area contributed by atoms with Gasteiger partial charge in [-0.1, -0.05) is 20.4 Å². The molecule has 4 N–H and O–H groups in total. The predicted molar refractivity (Wildman–Crippen MR) is 251 cm³/mol. The monoisotopic (exact) mass is 876 g/mol. The van der Waals surface area contributed by atoms with Gasteiger partial charge in [0.05, 0.1) is 119 Å². The molecule has 0 spiro atoms. The van der Waals surface area contributed by atoms with Crippen molar-refractivity contribution in [2.75, 3.05) is 106 Å². The van der Waals surface area contributed by atoms with Crippen LogP contribution in [-0.2, 0) is 30.1 Å². The SMILES string of the molecule is C=CC1=NC(=Cc2[nH]c(C=Nc3cc(OCCOCCOCCOC)c(OCCOCCOCCO)cc3N=CC3=NCC(CCCO)=C3C)c(C)c2CCCO)C(CC)=C1CC. The minimum absolute atomic E-state index is 0.0440. The number of aliphatic hydroxyl groups excluding tert-OH is 3. The summed E-state index contributed by atoms with van der Waals surface area (Å²) in [7, 11) is 1.63. The summed E-state index contributed by atoms with van der Waals surface area (Å²) >= 11 is 0. The van der Waals surface area contributed by atoms with Gasteiger partial charge in [-0.3, -0.25) is 15.0 Å². The highest BCUT2D eigenvalue weighted by molar-refractivity contribution is 6.39. The normalized spacial score (nSPS) is 15.0. The van der Waals surface area contributed by atoms with Crippen LogP contribution in [0.4, 0.5) is 11.4 Å². The van der Waals surface area contributed by atoms with Crippen molar-refractivity contribution < 1.29 is 48.5 Å². The van der Waals surface area contributed by atoms with Crippen molar-refractivity contribution in [2.24, 2.45) is 20.0 Å². The lowest BCUT2D eigenvalue weighted by molar-refractivity contribution is 0.0172. The van der Waals surface area contributed by atoms with E-state index in [0.717, 1.165) is 64.5 Å². The summed E-state index contributed by atoms with van der Waals surface area (Å²) < 4.78 is 39.8. The number of hydrogen-bond donors (Lipinski definition) is 4. The van der Waals surface area contributed by atoms with Crippen LogP contribution in [0, 0.1) is 6.92 Å². The van der Waals surface area contributed by atoms with Gasteiger partial charge in [0.25, 0.3) is 0 Å². The minimum Gasteiger partial charge on any atom is -0.487 e. The Labute approximate surface area is 373 Å². The molecule has 0 atom stereocenters. The standard InChI is InChI=1S/C48H69N5O10/c1-7-37-38(8-2)41(52-40(37)9-3)28-42-39(13-11-15-55)35(5)46(53-42)33-51-44-30-48(63-27-25-61-23-22-59-19-18-57-6)47(62-26-24-60-21-20-58-17-16-56)29-43(44)50-32-45-34(4)36(31-49-45)12-10-14-54/h9,28-30,32-33,53-56H,3,7-8,10-27,31H2,1-2,4-6H3. The first-order valence-corrected chi connectivity index (χ1v) is 22.1. The van der Waals surface area contributed by atoms with Crippen LogP contribution in [0.3, 0.4) is 0 Å². The Balaban J connectivity index is 1.72. The number of aliphatic hydroxyl groups is 3. The van der Waals surface area contributed by atoms with Gasteiger partial charge < -0.3 is 53.5 Å². The molecule has 1 aromatic heterocycles. The molecule has 0 fully saturated rings. The van der Waals surface area contributed by atoms with Crippen LogP contribution in [0.15, 0.2) is 72.7 Å². The number of allylic oxidation sites excluding steroid dienone is 4. The first-order chi connectivity index (χ1) is 30.8. The third-order valence-electron chi connectivity index (χ3n) is 10.5. The maximum atomic E-state index is 9.82. The molecule has 346 valence electrons. The number of nitrogens with one attached hydrogen (secondary N) is 1. The van der Waals surface area contributed by atoms with Crippen LogP contribution in [0.2, 0.25) is 0 Å². The summed E-state index contributed by atoms with van der Waals surface area (Å²) in [6.07, 6.45) is 11.9. The van der Waals surface area contributed by atoms with Crippen molar-refractivity contribution in [3.05, 3.63) is 75.3 Å². The molecular formula is C48H69N5O10. The lowest BCUT2D eigenvalue weighted by Crippen LogP contribution is -2.14. The van der Waals surface area contributed by atoms with E-state index in [4.69, 9.17) is 58.2 Å². The maximum Gasteiger partial charge on any atom is 0.163 e. The molecule has 0 aliphatic carbocycles. The molecule has 15 nitrogen and oxygen atoms in total. The smallest absolute Gasteiger partial charge is 0.163 e. The zero-order valence-electron chi connectivity index (χ0n) is 38.0. The number of methoxy groups -OCH3 is 1. The summed E-state index contributed by atoms with van der Waals surface area (Å²) in [5.41, 5.74) is 12.1. The van der Waals surface area contributed by atoms with Gasteiger partial charge >= 0.3 is 0 Å². The fourth-order valence-corrected chi connectivity index (χ4v) is 7.10. The number of aromatic nitrogens is 1. The average molecular weight is 876 g/mol. The van der Waals surface area contributed by atoms with E-state index in [1.807, 2.05) is 19.1 Å². The summed E-state index contributed by atoms with van der Waals surface area (Å²) in [6, 6.07) is 3.61. The Bertz CT molecular complexity index is 1980. The number of ether oxygens (including phenoxy) is 7. The molecule has 63 heavy (non-hydrogen) atoms. The number of rotatable bonds is 33. The largest absolute Gasteiger partial charge is 0.487 e. The van der Waals surface area contributed by atoms with Gasteiger partial charge in [0, 0.05) is 38.2 Å². The lowest BCUT2D eigenvalue weighted by Gasteiger charge is -2.15. The predicted octanol–water partition coefficient (Wildman–Crippen LogP) is 6.81. The lowest BCUT2D eigenvalue weighted by atomic mass is 9.98. The van der Waals surface area contributed by atoms with Crippen molar-refractivity contribution >= 4 is 41.3 Å². The number of aromatic amines is 1. The Kier molecular flexibility index (Phi) is 23.5. The van der Waals surface area contributed by atoms with Crippen LogP contribution < -0.4 is 9.47 Å². The number of hydrogen-bond acceptors (Lipinski definition) is 14. The fourth-order valence-electron chi connectivity index (χ4n) is 7.10. The Morgan fingerprint density at radius 3 is 1.84 bits per heavy atom. The zero-order valence-corrected chi connectivity index (χ0v) is 38.0. The van der Waals surface area contributed by atoms with E-state index in [2.05, 4.69) is 38.4 Å². The van der Waals surface area contributed by atoms with E-state index in [-0.39, 0.29) is 39.6 Å². The quantitative estimate of drug-likeness (QED) is 0.0438.